The third-order valence-electron chi connectivity index (χ3n) is 2.32. The lowest BCUT2D eigenvalue weighted by Gasteiger charge is -2.29. The molecule has 1 amide bonds. The minimum Gasteiger partial charge on any atom is -0.383 e. The molecule has 1 rings (SSSR count). The number of nitrogens with two attached hydrogens (primary N) is 1. The minimum absolute atomic E-state index is 0.0526. The average Bonchev–Trinajstić information content (AvgIpc) is 2.37. The Morgan fingerprint density at radius 3 is 2.17 bits per heavy atom. The number of rotatable bonds is 2. The van der Waals surface area contributed by atoms with Gasteiger partial charge in [0.05, 0.1) is 0 Å². The summed E-state index contributed by atoms with van der Waals surface area (Å²) in [6.45, 7) is 0. The Morgan fingerprint density at radius 1 is 1.42 bits per heavy atom. The lowest BCUT2D eigenvalue weighted by Crippen LogP contribution is -2.54. The second-order valence-corrected chi connectivity index (χ2v) is 3.18. The summed E-state index contributed by atoms with van der Waals surface area (Å²) in [6.07, 6.45) is 0.921. The third kappa shape index (κ3) is 1.18. The fourth-order valence-corrected chi connectivity index (χ4v) is 1.50. The Labute approximate surface area is 68.5 Å². The molecule has 0 atom stereocenters. The predicted molar refractivity (Wildman–Crippen MR) is 37.6 cm³/mol. The quantitative estimate of drug-likeness (QED) is 0.645. The topological polar surface area (TPSA) is 63.3 Å². The average molecular weight is 179 g/mol. The molecule has 1 saturated carbocycles. The van der Waals surface area contributed by atoms with Crippen LogP contribution < -0.4 is 5.73 Å². The highest BCUT2D eigenvalue weighted by Gasteiger charge is 2.58. The first kappa shape index (κ1) is 9.38. The number of primary amides is 1. The molecule has 0 saturated heterocycles. The molecule has 0 aromatic carbocycles. The van der Waals surface area contributed by atoms with Crippen molar-refractivity contribution in [2.75, 3.05) is 0 Å². The molecule has 12 heavy (non-hydrogen) atoms. The van der Waals surface area contributed by atoms with Crippen LogP contribution >= 0.6 is 0 Å². The number of hydrogen-bond donors (Lipinski definition) is 2. The van der Waals surface area contributed by atoms with Gasteiger partial charge >= 0.3 is 5.92 Å². The van der Waals surface area contributed by atoms with Crippen molar-refractivity contribution in [2.24, 2.45) is 5.73 Å². The van der Waals surface area contributed by atoms with Gasteiger partial charge < -0.3 is 10.8 Å². The van der Waals surface area contributed by atoms with Gasteiger partial charge in [0.15, 0.2) is 0 Å². The van der Waals surface area contributed by atoms with Crippen LogP contribution in [0, 0.1) is 0 Å². The van der Waals surface area contributed by atoms with E-state index in [0.29, 0.717) is 12.8 Å². The summed E-state index contributed by atoms with van der Waals surface area (Å²) in [4.78, 5) is 10.3. The van der Waals surface area contributed by atoms with Crippen LogP contribution in [-0.4, -0.2) is 22.5 Å². The smallest absolute Gasteiger partial charge is 0.352 e. The number of carbonyl (C=O) groups excluding carboxylic acids is 1. The van der Waals surface area contributed by atoms with E-state index in [1.165, 1.54) is 0 Å². The van der Waals surface area contributed by atoms with E-state index in [9.17, 15) is 18.7 Å². The number of carbonyl (C=O) groups is 1. The molecule has 5 heteroatoms. The summed E-state index contributed by atoms with van der Waals surface area (Å²) in [5.41, 5.74) is 2.29. The van der Waals surface area contributed by atoms with Crippen molar-refractivity contribution in [1.82, 2.24) is 0 Å². The fraction of sp³-hybridized carbons (Fsp3) is 0.857. The molecule has 0 spiro atoms. The Bertz CT molecular complexity index is 200. The maximum Gasteiger partial charge on any atom is 0.352 e. The van der Waals surface area contributed by atoms with Gasteiger partial charge in [0.1, 0.15) is 5.60 Å². The molecule has 0 heterocycles. The number of aliphatic hydroxyl groups is 1. The summed E-state index contributed by atoms with van der Waals surface area (Å²) in [5, 5.41) is 9.34. The molecule has 70 valence electrons. The van der Waals surface area contributed by atoms with E-state index in [1.54, 1.807) is 0 Å². The van der Waals surface area contributed by atoms with E-state index in [1.807, 2.05) is 0 Å². The SMILES string of the molecule is NC(=O)C(F)(F)C1(O)CCCC1. The molecule has 0 aliphatic heterocycles. The summed E-state index contributed by atoms with van der Waals surface area (Å²) in [6, 6.07) is 0. The van der Waals surface area contributed by atoms with Crippen LogP contribution in [0.2, 0.25) is 0 Å². The molecule has 0 radical (unpaired) electrons. The van der Waals surface area contributed by atoms with Crippen molar-refractivity contribution in [3.05, 3.63) is 0 Å². The van der Waals surface area contributed by atoms with Gasteiger partial charge in [0.25, 0.3) is 5.91 Å². The first-order valence-electron chi connectivity index (χ1n) is 3.80. The Hall–Kier alpha value is -0.710. The van der Waals surface area contributed by atoms with Crippen LogP contribution in [0.15, 0.2) is 0 Å². The van der Waals surface area contributed by atoms with Crippen LogP contribution in [0.25, 0.3) is 0 Å². The van der Waals surface area contributed by atoms with E-state index in [0.717, 1.165) is 0 Å². The summed E-state index contributed by atoms with van der Waals surface area (Å²) in [7, 11) is 0. The van der Waals surface area contributed by atoms with Crippen molar-refractivity contribution in [2.45, 2.75) is 37.2 Å². The zero-order chi connectivity index (χ0) is 9.41. The molecule has 0 bridgehead atoms. The third-order valence-corrected chi connectivity index (χ3v) is 2.32. The van der Waals surface area contributed by atoms with Gasteiger partial charge in [-0.25, -0.2) is 0 Å². The monoisotopic (exact) mass is 179 g/mol. The van der Waals surface area contributed by atoms with Crippen molar-refractivity contribution >= 4 is 5.91 Å². The zero-order valence-corrected chi connectivity index (χ0v) is 6.52. The maximum atomic E-state index is 12.9. The molecular weight excluding hydrogens is 168 g/mol. The van der Waals surface area contributed by atoms with Crippen LogP contribution in [-0.2, 0) is 4.79 Å². The van der Waals surface area contributed by atoms with E-state index >= 15 is 0 Å². The van der Waals surface area contributed by atoms with Gasteiger partial charge in [-0.3, -0.25) is 4.79 Å². The number of amides is 1. The molecule has 3 nitrogen and oxygen atoms in total. The fourth-order valence-electron chi connectivity index (χ4n) is 1.50. The van der Waals surface area contributed by atoms with Crippen molar-refractivity contribution in [3.8, 4) is 0 Å². The molecule has 3 N–H and O–H groups in total. The Balaban J connectivity index is 2.85. The molecule has 1 aliphatic carbocycles. The summed E-state index contributed by atoms with van der Waals surface area (Å²) >= 11 is 0. The van der Waals surface area contributed by atoms with E-state index in [4.69, 9.17) is 0 Å². The van der Waals surface area contributed by atoms with E-state index in [2.05, 4.69) is 5.73 Å². The van der Waals surface area contributed by atoms with Gasteiger partial charge in [-0.15, -0.1) is 0 Å². The summed E-state index contributed by atoms with van der Waals surface area (Å²) in [5.74, 6) is -5.53. The highest BCUT2D eigenvalue weighted by molar-refractivity contribution is 5.83. The van der Waals surface area contributed by atoms with Crippen LogP contribution in [0.1, 0.15) is 25.7 Å². The normalized spacial score (nSPS) is 22.6. The minimum atomic E-state index is -3.79. The lowest BCUT2D eigenvalue weighted by atomic mass is 9.93. The van der Waals surface area contributed by atoms with Crippen LogP contribution in [0.3, 0.4) is 0 Å². The number of alkyl halides is 2. The zero-order valence-electron chi connectivity index (χ0n) is 6.52. The largest absolute Gasteiger partial charge is 0.383 e. The van der Waals surface area contributed by atoms with Gasteiger partial charge in [0, 0.05) is 0 Å². The first-order chi connectivity index (χ1) is 5.40. The maximum absolute atomic E-state index is 12.9. The van der Waals surface area contributed by atoms with Crippen molar-refractivity contribution in [1.29, 1.82) is 0 Å². The van der Waals surface area contributed by atoms with Gasteiger partial charge in [-0.2, -0.15) is 8.78 Å². The van der Waals surface area contributed by atoms with E-state index < -0.39 is 17.4 Å². The molecule has 0 aromatic heterocycles. The molecule has 1 aliphatic rings. The van der Waals surface area contributed by atoms with Crippen molar-refractivity contribution in [3.63, 3.8) is 0 Å². The molecule has 1 fully saturated rings. The number of halogens is 2. The second kappa shape index (κ2) is 2.65. The van der Waals surface area contributed by atoms with Gasteiger partial charge in [-0.05, 0) is 12.8 Å². The standard InChI is InChI=1S/C7H11F2NO2/c8-7(9,5(10)11)6(12)3-1-2-4-6/h12H,1-4H2,(H2,10,11). The number of hydrogen-bond acceptors (Lipinski definition) is 2. The Morgan fingerprint density at radius 2 is 1.83 bits per heavy atom. The Kier molecular flexibility index (Phi) is 2.07. The molecule has 0 aromatic rings. The van der Waals surface area contributed by atoms with Gasteiger partial charge in [0.2, 0.25) is 0 Å². The molecule has 0 unspecified atom stereocenters. The highest BCUT2D eigenvalue weighted by Crippen LogP contribution is 2.41. The second-order valence-electron chi connectivity index (χ2n) is 3.18. The predicted octanol–water partition coefficient (Wildman–Crippen LogP) is 0.412. The van der Waals surface area contributed by atoms with E-state index in [-0.39, 0.29) is 12.8 Å². The van der Waals surface area contributed by atoms with Crippen LogP contribution in [0.5, 0.6) is 0 Å². The summed E-state index contributed by atoms with van der Waals surface area (Å²) < 4.78 is 25.8. The first-order valence-corrected chi connectivity index (χ1v) is 3.80. The molecular formula is C7H11F2NO2. The van der Waals surface area contributed by atoms with Crippen LogP contribution in [0.4, 0.5) is 8.78 Å². The van der Waals surface area contributed by atoms with Gasteiger partial charge in [-0.1, -0.05) is 12.8 Å². The lowest BCUT2D eigenvalue weighted by molar-refractivity contribution is -0.187. The van der Waals surface area contributed by atoms with Crippen molar-refractivity contribution < 1.29 is 18.7 Å². The highest BCUT2D eigenvalue weighted by atomic mass is 19.3.